The van der Waals surface area contributed by atoms with E-state index in [1.54, 1.807) is 0 Å². The average Bonchev–Trinajstić information content (AvgIpc) is 2.68. The van der Waals surface area contributed by atoms with Crippen LogP contribution in [0.4, 0.5) is 10.1 Å². The molecule has 3 rings (SSSR count). The second-order valence-corrected chi connectivity index (χ2v) is 8.99. The third kappa shape index (κ3) is 5.04. The number of anilines is 1. The molecule has 3 N–H and O–H groups in total. The predicted octanol–water partition coefficient (Wildman–Crippen LogP) is 3.24. The molecule has 0 bridgehead atoms. The molecule has 158 valence electrons. The summed E-state index contributed by atoms with van der Waals surface area (Å²) in [7, 11) is -3.99. The van der Waals surface area contributed by atoms with Gasteiger partial charge in [-0.2, -0.15) is 0 Å². The van der Waals surface area contributed by atoms with Crippen molar-refractivity contribution in [2.75, 3.05) is 11.3 Å². The van der Waals surface area contributed by atoms with Crippen LogP contribution < -0.4 is 15.6 Å². The normalized spacial score (nSPS) is 11.6. The van der Waals surface area contributed by atoms with Crippen molar-refractivity contribution in [2.45, 2.75) is 25.2 Å². The number of halogens is 1. The molecule has 0 spiro atoms. The van der Waals surface area contributed by atoms with Crippen molar-refractivity contribution in [1.29, 1.82) is 0 Å². The third-order valence-corrected chi connectivity index (χ3v) is 5.85. The van der Waals surface area contributed by atoms with Crippen molar-refractivity contribution in [3.8, 4) is 0 Å². The Morgan fingerprint density at radius 2 is 1.80 bits per heavy atom. The highest BCUT2D eigenvalue weighted by atomic mass is 32.2. The summed E-state index contributed by atoms with van der Waals surface area (Å²) in [6.07, 6.45) is 0.772. The molecule has 1 amide bonds. The Hall–Kier alpha value is -3.20. The van der Waals surface area contributed by atoms with Crippen LogP contribution >= 0.6 is 0 Å². The Balaban J connectivity index is 1.97. The molecule has 0 fully saturated rings. The number of hydrogen-bond donors (Lipinski definition) is 3. The summed E-state index contributed by atoms with van der Waals surface area (Å²) in [5.74, 6) is -0.538. The summed E-state index contributed by atoms with van der Waals surface area (Å²) in [5.41, 5.74) is 0.176. The Labute approximate surface area is 173 Å². The zero-order chi connectivity index (χ0) is 21.9. The van der Waals surface area contributed by atoms with E-state index in [4.69, 9.17) is 0 Å². The van der Waals surface area contributed by atoms with Crippen LogP contribution in [0, 0.1) is 11.7 Å². The van der Waals surface area contributed by atoms with Gasteiger partial charge in [-0.3, -0.25) is 14.3 Å². The van der Waals surface area contributed by atoms with E-state index in [0.717, 1.165) is 24.6 Å². The van der Waals surface area contributed by atoms with Crippen molar-refractivity contribution in [1.82, 2.24) is 10.3 Å². The Bertz CT molecular complexity index is 1240. The van der Waals surface area contributed by atoms with Crippen LogP contribution in [0.3, 0.4) is 0 Å². The molecule has 0 radical (unpaired) electrons. The van der Waals surface area contributed by atoms with Gasteiger partial charge in [0.15, 0.2) is 0 Å². The van der Waals surface area contributed by atoms with Gasteiger partial charge in [-0.25, -0.2) is 12.8 Å². The molecule has 0 aliphatic heterocycles. The van der Waals surface area contributed by atoms with E-state index in [-0.39, 0.29) is 16.1 Å². The number of pyridine rings is 1. The number of carbonyl (C=O) groups is 1. The summed E-state index contributed by atoms with van der Waals surface area (Å²) in [6.45, 7) is 4.50. The van der Waals surface area contributed by atoms with Crippen molar-refractivity contribution < 1.29 is 17.6 Å². The number of benzene rings is 2. The fourth-order valence-corrected chi connectivity index (χ4v) is 3.97. The largest absolute Gasteiger partial charge is 0.352 e. The number of aromatic nitrogens is 1. The minimum absolute atomic E-state index is 0.0938. The Kier molecular flexibility index (Phi) is 6.21. The predicted molar refractivity (Wildman–Crippen MR) is 114 cm³/mol. The van der Waals surface area contributed by atoms with Gasteiger partial charge in [0, 0.05) is 29.2 Å². The highest BCUT2D eigenvalue weighted by Gasteiger charge is 2.18. The third-order valence-electron chi connectivity index (χ3n) is 4.47. The molecule has 1 heterocycles. The van der Waals surface area contributed by atoms with E-state index < -0.39 is 27.3 Å². The first-order chi connectivity index (χ1) is 14.2. The maximum absolute atomic E-state index is 13.1. The second-order valence-electron chi connectivity index (χ2n) is 7.31. The van der Waals surface area contributed by atoms with Gasteiger partial charge >= 0.3 is 0 Å². The molecule has 2 aromatic carbocycles. The first-order valence-corrected chi connectivity index (χ1v) is 10.9. The Morgan fingerprint density at radius 3 is 2.47 bits per heavy atom. The van der Waals surface area contributed by atoms with Crippen LogP contribution in [0.15, 0.2) is 58.2 Å². The zero-order valence-electron chi connectivity index (χ0n) is 16.5. The molecular weight excluding hydrogens is 409 g/mol. The molecule has 0 atom stereocenters. The maximum atomic E-state index is 13.1. The van der Waals surface area contributed by atoms with Crippen molar-refractivity contribution in [2.24, 2.45) is 5.92 Å². The number of aromatic amines is 1. The molecule has 7 nitrogen and oxygen atoms in total. The molecular formula is C21H22FN3O4S. The lowest BCUT2D eigenvalue weighted by molar-refractivity contribution is 0.0953. The number of hydrogen-bond acceptors (Lipinski definition) is 4. The van der Waals surface area contributed by atoms with E-state index in [1.807, 2.05) is 13.8 Å². The lowest BCUT2D eigenvalue weighted by Gasteiger charge is -2.12. The number of rotatable bonds is 7. The lowest BCUT2D eigenvalue weighted by atomic mass is 10.1. The van der Waals surface area contributed by atoms with Gasteiger partial charge < -0.3 is 10.3 Å². The lowest BCUT2D eigenvalue weighted by Crippen LogP contribution is -2.27. The molecule has 0 saturated carbocycles. The van der Waals surface area contributed by atoms with Crippen LogP contribution in [0.5, 0.6) is 0 Å². The highest BCUT2D eigenvalue weighted by molar-refractivity contribution is 7.92. The SMILES string of the molecule is CC(C)CCNC(=O)c1cc(=O)[nH]c2ccc(S(=O)(=O)Nc3ccc(F)cc3)cc12. The summed E-state index contributed by atoms with van der Waals surface area (Å²) in [6, 6.07) is 10.1. The van der Waals surface area contributed by atoms with Crippen LogP contribution in [0.25, 0.3) is 10.9 Å². The van der Waals surface area contributed by atoms with Gasteiger partial charge in [-0.15, -0.1) is 0 Å². The molecule has 0 aliphatic rings. The first-order valence-electron chi connectivity index (χ1n) is 9.39. The summed E-state index contributed by atoms with van der Waals surface area (Å²) in [4.78, 5) is 27.1. The summed E-state index contributed by atoms with van der Waals surface area (Å²) >= 11 is 0. The van der Waals surface area contributed by atoms with Crippen LogP contribution in [0.2, 0.25) is 0 Å². The van der Waals surface area contributed by atoms with Gasteiger partial charge in [0.25, 0.3) is 15.9 Å². The molecule has 9 heteroatoms. The fraction of sp³-hybridized carbons (Fsp3) is 0.238. The van der Waals surface area contributed by atoms with E-state index in [9.17, 15) is 22.4 Å². The van der Waals surface area contributed by atoms with Crippen LogP contribution in [0.1, 0.15) is 30.6 Å². The van der Waals surface area contributed by atoms with Gasteiger partial charge in [0.05, 0.1) is 10.5 Å². The molecule has 3 aromatic rings. The van der Waals surface area contributed by atoms with Crippen LogP contribution in [-0.2, 0) is 10.0 Å². The number of nitrogens with one attached hydrogen (secondary N) is 3. The Morgan fingerprint density at radius 1 is 1.10 bits per heavy atom. The van der Waals surface area contributed by atoms with Crippen molar-refractivity contribution in [3.63, 3.8) is 0 Å². The van der Waals surface area contributed by atoms with E-state index in [1.165, 1.54) is 30.3 Å². The fourth-order valence-electron chi connectivity index (χ4n) is 2.89. The molecule has 0 unspecified atom stereocenters. The standard InChI is InChI=1S/C21H22FN3O4S/c1-13(2)9-10-23-21(27)18-12-20(26)24-19-8-7-16(11-17(18)19)30(28,29)25-15-5-3-14(22)4-6-15/h3-8,11-13,25H,9-10H2,1-2H3,(H,23,27)(H,24,26). The summed E-state index contributed by atoms with van der Waals surface area (Å²) in [5, 5.41) is 3.06. The van der Waals surface area contributed by atoms with E-state index in [0.29, 0.717) is 23.4 Å². The van der Waals surface area contributed by atoms with Crippen molar-refractivity contribution >= 4 is 32.5 Å². The van der Waals surface area contributed by atoms with E-state index in [2.05, 4.69) is 15.0 Å². The van der Waals surface area contributed by atoms with Gasteiger partial charge in [0.1, 0.15) is 5.82 Å². The molecule has 1 aromatic heterocycles. The van der Waals surface area contributed by atoms with Gasteiger partial charge in [0.2, 0.25) is 5.56 Å². The van der Waals surface area contributed by atoms with Gasteiger partial charge in [-0.05, 0) is 54.8 Å². The molecule has 30 heavy (non-hydrogen) atoms. The number of amides is 1. The average molecular weight is 431 g/mol. The van der Waals surface area contributed by atoms with Crippen molar-refractivity contribution in [3.05, 3.63) is 70.3 Å². The topological polar surface area (TPSA) is 108 Å². The number of sulfonamides is 1. The number of carbonyl (C=O) groups excluding carboxylic acids is 1. The van der Waals surface area contributed by atoms with Crippen LogP contribution in [-0.4, -0.2) is 25.9 Å². The summed E-state index contributed by atoms with van der Waals surface area (Å²) < 4.78 is 40.9. The quantitative estimate of drug-likeness (QED) is 0.534. The molecule has 0 saturated heterocycles. The number of fused-ring (bicyclic) bond motifs is 1. The zero-order valence-corrected chi connectivity index (χ0v) is 17.3. The van der Waals surface area contributed by atoms with E-state index >= 15 is 0 Å². The smallest absolute Gasteiger partial charge is 0.261 e. The maximum Gasteiger partial charge on any atom is 0.261 e. The first kappa shape index (κ1) is 21.5. The second kappa shape index (κ2) is 8.66. The monoisotopic (exact) mass is 431 g/mol. The highest BCUT2D eigenvalue weighted by Crippen LogP contribution is 2.22. The number of H-pyrrole nitrogens is 1. The minimum Gasteiger partial charge on any atom is -0.352 e. The minimum atomic E-state index is -3.99. The van der Waals surface area contributed by atoms with Gasteiger partial charge in [-0.1, -0.05) is 13.8 Å². The molecule has 0 aliphatic carbocycles.